The van der Waals surface area contributed by atoms with Gasteiger partial charge in [-0.15, -0.1) is 0 Å². The maximum Gasteiger partial charge on any atom is 0.317 e. The Hall–Kier alpha value is -4.15. The van der Waals surface area contributed by atoms with E-state index in [4.69, 9.17) is 44.0 Å². The van der Waals surface area contributed by atoms with Gasteiger partial charge in [0.05, 0.1) is 20.1 Å². The van der Waals surface area contributed by atoms with Crippen LogP contribution in [0.1, 0.15) is 61.7 Å². The van der Waals surface area contributed by atoms with Gasteiger partial charge >= 0.3 is 11.9 Å². The van der Waals surface area contributed by atoms with Gasteiger partial charge in [0.1, 0.15) is 59.7 Å². The second-order valence-corrected chi connectivity index (χ2v) is 12.8. The number of aliphatic hydroxyl groups excluding tert-OH is 3. The highest BCUT2D eigenvalue weighted by Gasteiger charge is 2.62. The van der Waals surface area contributed by atoms with Gasteiger partial charge in [0.2, 0.25) is 12.0 Å². The summed E-state index contributed by atoms with van der Waals surface area (Å²) < 4.78 is 42.2. The Morgan fingerprint density at radius 1 is 1.04 bits per heavy atom. The zero-order valence-electron chi connectivity index (χ0n) is 26.3. The Balaban J connectivity index is 1.20. The Morgan fingerprint density at radius 2 is 1.79 bits per heavy atom. The topological polar surface area (TPSA) is 218 Å². The van der Waals surface area contributed by atoms with Crippen LogP contribution in [0.15, 0.2) is 35.3 Å². The van der Waals surface area contributed by atoms with Crippen molar-refractivity contribution in [2.24, 2.45) is 10.7 Å². The van der Waals surface area contributed by atoms with Gasteiger partial charge in [0.15, 0.2) is 17.6 Å². The number of hydrogen-bond acceptors (Lipinski definition) is 14. The number of hydrogen-bond donors (Lipinski definition) is 5. The number of aliphatic carboxylic acids is 1. The number of methoxy groups -OCH3 is 2. The van der Waals surface area contributed by atoms with E-state index in [1.54, 1.807) is 32.4 Å². The SMILES string of the molecule is COc1ccc2c(c1OC)OC1c3ccc(OC4OC5(CC=NC(N)C5OC(=O)CC(=O)O)C(O)C(O)C4O)cc3OC3(CCCC3)C21. The molecule has 2 fully saturated rings. The van der Waals surface area contributed by atoms with E-state index in [1.807, 2.05) is 12.1 Å². The summed E-state index contributed by atoms with van der Waals surface area (Å²) in [6, 6.07) is 8.98. The molecule has 4 heterocycles. The Morgan fingerprint density at radius 3 is 2.50 bits per heavy atom. The third-order valence-corrected chi connectivity index (χ3v) is 10.1. The molecule has 1 saturated carbocycles. The lowest BCUT2D eigenvalue weighted by Crippen LogP contribution is -2.73. The third-order valence-electron chi connectivity index (χ3n) is 10.1. The number of nitrogens with two attached hydrogens (primary N) is 1. The number of carboxylic acids is 1. The van der Waals surface area contributed by atoms with Crippen molar-refractivity contribution in [2.75, 3.05) is 14.2 Å². The van der Waals surface area contributed by atoms with Gasteiger partial charge < -0.3 is 59.3 Å². The number of rotatable bonds is 7. The molecule has 4 aliphatic heterocycles. The molecule has 48 heavy (non-hydrogen) atoms. The minimum Gasteiger partial charge on any atom is -0.493 e. The molecule has 2 aromatic rings. The fourth-order valence-electron chi connectivity index (χ4n) is 7.92. The molecule has 7 rings (SSSR count). The van der Waals surface area contributed by atoms with Gasteiger partial charge in [-0.25, -0.2) is 0 Å². The van der Waals surface area contributed by atoms with Crippen molar-refractivity contribution >= 4 is 18.2 Å². The molecule has 0 radical (unpaired) electrons. The summed E-state index contributed by atoms with van der Waals surface area (Å²) in [5, 5.41) is 42.1. The molecule has 0 bridgehead atoms. The maximum absolute atomic E-state index is 12.4. The molecule has 9 atom stereocenters. The molecule has 6 N–H and O–H groups in total. The number of fused-ring (bicyclic) bond motifs is 6. The molecule has 258 valence electrons. The Labute approximate surface area is 275 Å². The number of benzene rings is 2. The highest BCUT2D eigenvalue weighted by molar-refractivity contribution is 5.90. The number of aliphatic imine (C=N–C) groups is 1. The molecular formula is C33H38N2O13. The van der Waals surface area contributed by atoms with Crippen molar-refractivity contribution in [3.63, 3.8) is 0 Å². The first-order valence-corrected chi connectivity index (χ1v) is 15.8. The smallest absolute Gasteiger partial charge is 0.317 e. The fourth-order valence-corrected chi connectivity index (χ4v) is 7.92. The lowest BCUT2D eigenvalue weighted by Gasteiger charge is -2.52. The first-order chi connectivity index (χ1) is 23.0. The minimum atomic E-state index is -1.92. The van der Waals surface area contributed by atoms with Crippen molar-refractivity contribution in [1.29, 1.82) is 0 Å². The summed E-state index contributed by atoms with van der Waals surface area (Å²) in [6.45, 7) is 0. The zero-order chi connectivity index (χ0) is 34.0. The van der Waals surface area contributed by atoms with E-state index in [1.165, 1.54) is 6.21 Å². The van der Waals surface area contributed by atoms with Crippen molar-refractivity contribution in [1.82, 2.24) is 0 Å². The van der Waals surface area contributed by atoms with Crippen molar-refractivity contribution in [3.8, 4) is 28.7 Å². The van der Waals surface area contributed by atoms with Crippen LogP contribution in [0.25, 0.3) is 0 Å². The average molecular weight is 671 g/mol. The Bertz CT molecular complexity index is 1630. The predicted octanol–water partition coefficient (Wildman–Crippen LogP) is 1.33. The van der Waals surface area contributed by atoms with Crippen LogP contribution < -0.4 is 29.4 Å². The molecule has 9 unspecified atom stereocenters. The summed E-state index contributed by atoms with van der Waals surface area (Å²) in [5.41, 5.74) is 5.38. The standard InChI is InChI=1S/C33H38N2O13/c1-42-18-8-7-17-22-25(46-26(17)27(18)43-2)16-6-5-15(13-19(16)47-32(22)9-3-4-10-32)44-31-24(40)23(39)28(41)33(48-31)11-12-35-30(34)29(33)45-21(38)14-20(36)37/h5-8,12-13,22-25,28-31,39-41H,3-4,9-11,14,34H2,1-2H3,(H,36,37). The molecule has 2 aromatic carbocycles. The van der Waals surface area contributed by atoms with Crippen LogP contribution in [0.4, 0.5) is 0 Å². The number of carbonyl (C=O) groups excluding carboxylic acids is 1. The van der Waals surface area contributed by atoms with Crippen LogP contribution in [0.5, 0.6) is 28.7 Å². The van der Waals surface area contributed by atoms with Gasteiger partial charge in [-0.2, -0.15) is 0 Å². The summed E-state index contributed by atoms with van der Waals surface area (Å²) in [4.78, 5) is 27.5. The van der Waals surface area contributed by atoms with Crippen molar-refractivity contribution < 1.29 is 63.2 Å². The second kappa shape index (κ2) is 12.1. The third kappa shape index (κ3) is 5.03. The highest BCUT2D eigenvalue weighted by atomic mass is 16.7. The average Bonchev–Trinajstić information content (AvgIpc) is 3.69. The zero-order valence-corrected chi connectivity index (χ0v) is 26.3. The van der Waals surface area contributed by atoms with Gasteiger partial charge in [0, 0.05) is 29.8 Å². The summed E-state index contributed by atoms with van der Waals surface area (Å²) >= 11 is 0. The highest BCUT2D eigenvalue weighted by Crippen LogP contribution is 2.64. The van der Waals surface area contributed by atoms with Gasteiger partial charge in [-0.3, -0.25) is 14.6 Å². The van der Waals surface area contributed by atoms with Crippen LogP contribution in [0.2, 0.25) is 0 Å². The molecule has 2 spiro atoms. The van der Waals surface area contributed by atoms with E-state index >= 15 is 0 Å². The molecule has 0 amide bonds. The molecule has 1 saturated heterocycles. The van der Waals surface area contributed by atoms with E-state index in [0.29, 0.717) is 23.0 Å². The van der Waals surface area contributed by atoms with Crippen LogP contribution >= 0.6 is 0 Å². The Kier molecular flexibility index (Phi) is 8.15. The molecule has 5 aliphatic rings. The lowest BCUT2D eigenvalue weighted by atomic mass is 9.74. The van der Waals surface area contributed by atoms with Gasteiger partial charge in [-0.05, 0) is 43.9 Å². The molecule has 1 aliphatic carbocycles. The molecule has 0 aromatic heterocycles. The quantitative estimate of drug-likeness (QED) is 0.207. The van der Waals surface area contributed by atoms with Crippen molar-refractivity contribution in [2.45, 2.75) is 98.6 Å². The molecule has 15 heteroatoms. The summed E-state index contributed by atoms with van der Waals surface area (Å²) in [5.74, 6) is -0.279. The summed E-state index contributed by atoms with van der Waals surface area (Å²) in [6.07, 6.45) is -6.40. The van der Waals surface area contributed by atoms with Crippen molar-refractivity contribution in [3.05, 3.63) is 41.5 Å². The number of esters is 1. The van der Waals surface area contributed by atoms with E-state index in [0.717, 1.165) is 36.8 Å². The first-order valence-electron chi connectivity index (χ1n) is 15.8. The van der Waals surface area contributed by atoms with Crippen LogP contribution in [0.3, 0.4) is 0 Å². The number of carbonyl (C=O) groups is 2. The van der Waals surface area contributed by atoms with E-state index < -0.39 is 72.5 Å². The first kappa shape index (κ1) is 32.4. The number of ether oxygens (including phenoxy) is 7. The van der Waals surface area contributed by atoms with Gasteiger partial charge in [0.25, 0.3) is 0 Å². The van der Waals surface area contributed by atoms with Crippen LogP contribution in [0, 0.1) is 0 Å². The minimum absolute atomic E-state index is 0.105. The number of aliphatic hydroxyl groups is 3. The van der Waals surface area contributed by atoms with E-state index in [9.17, 15) is 24.9 Å². The predicted molar refractivity (Wildman–Crippen MR) is 163 cm³/mol. The van der Waals surface area contributed by atoms with Crippen LogP contribution in [-0.4, -0.2) is 101 Å². The second-order valence-electron chi connectivity index (χ2n) is 12.8. The normalized spacial score (nSPS) is 34.0. The molecule has 15 nitrogen and oxygen atoms in total. The fraction of sp³-hybridized carbons (Fsp3) is 0.545. The maximum atomic E-state index is 12.4. The van der Waals surface area contributed by atoms with E-state index in [-0.39, 0.29) is 18.1 Å². The van der Waals surface area contributed by atoms with E-state index in [2.05, 4.69) is 4.99 Å². The summed E-state index contributed by atoms with van der Waals surface area (Å²) in [7, 11) is 3.14. The largest absolute Gasteiger partial charge is 0.493 e. The lowest BCUT2D eigenvalue weighted by molar-refractivity contribution is -0.333. The molecular weight excluding hydrogens is 632 g/mol. The number of carboxylic acid groups (broad SMARTS) is 1. The number of nitrogens with zero attached hydrogens (tertiary/aromatic N) is 1. The monoisotopic (exact) mass is 670 g/mol. The van der Waals surface area contributed by atoms with Crippen LogP contribution in [-0.2, 0) is 19.1 Å². The van der Waals surface area contributed by atoms with Gasteiger partial charge in [-0.1, -0.05) is 6.07 Å².